The zero-order chi connectivity index (χ0) is 20.3. The maximum absolute atomic E-state index is 12.5. The quantitative estimate of drug-likeness (QED) is 0.662. The predicted octanol–water partition coefficient (Wildman–Crippen LogP) is 2.49. The highest BCUT2D eigenvalue weighted by Crippen LogP contribution is 2.21. The summed E-state index contributed by atoms with van der Waals surface area (Å²) in [5.74, 6) is -0.359. The number of rotatable bonds is 6. The number of sulfonamides is 1. The first-order chi connectivity index (χ1) is 13.3. The molecule has 2 aromatic rings. The summed E-state index contributed by atoms with van der Waals surface area (Å²) in [5.41, 5.74) is 0.871. The van der Waals surface area contributed by atoms with E-state index in [4.69, 9.17) is 11.6 Å². The zero-order valence-electron chi connectivity index (χ0n) is 15.0. The number of benzene rings is 2. The summed E-state index contributed by atoms with van der Waals surface area (Å²) in [7, 11) is -3.78. The molecule has 3 N–H and O–H groups in total. The Labute approximate surface area is 167 Å². The number of amides is 3. The number of carbonyl (C=O) groups is 2. The van der Waals surface area contributed by atoms with E-state index in [2.05, 4.69) is 15.4 Å². The Morgan fingerprint density at radius 1 is 1.18 bits per heavy atom. The Balaban J connectivity index is 1.70. The minimum atomic E-state index is -3.78. The molecule has 10 heteroatoms. The summed E-state index contributed by atoms with van der Waals surface area (Å²) in [5, 5.41) is 6.01. The molecule has 1 heterocycles. The molecule has 0 aromatic heterocycles. The molecule has 1 fully saturated rings. The number of carbonyl (C=O) groups excluding carboxylic acids is 2. The first-order valence-electron chi connectivity index (χ1n) is 8.50. The van der Waals surface area contributed by atoms with Crippen LogP contribution in [0.25, 0.3) is 0 Å². The third kappa shape index (κ3) is 4.55. The van der Waals surface area contributed by atoms with Gasteiger partial charge < -0.3 is 10.6 Å². The van der Waals surface area contributed by atoms with Gasteiger partial charge >= 0.3 is 6.03 Å². The van der Waals surface area contributed by atoms with E-state index in [9.17, 15) is 18.0 Å². The minimum absolute atomic E-state index is 0.0823. The zero-order valence-corrected chi connectivity index (χ0v) is 16.5. The minimum Gasteiger partial charge on any atom is -0.374 e. The fraction of sp³-hybridized carbons (Fsp3) is 0.222. The van der Waals surface area contributed by atoms with Crippen LogP contribution in [0.5, 0.6) is 0 Å². The number of hydrogen-bond acceptors (Lipinski definition) is 5. The number of anilines is 2. The summed E-state index contributed by atoms with van der Waals surface area (Å²) in [4.78, 5) is 25.2. The highest BCUT2D eigenvalue weighted by Gasteiger charge is 2.29. The summed E-state index contributed by atoms with van der Waals surface area (Å²) >= 11 is 5.79. The maximum Gasteiger partial charge on any atom is 0.324 e. The van der Waals surface area contributed by atoms with E-state index >= 15 is 0 Å². The molecule has 0 saturated carbocycles. The summed E-state index contributed by atoms with van der Waals surface area (Å²) < 4.78 is 27.5. The van der Waals surface area contributed by atoms with Gasteiger partial charge in [-0.25, -0.2) is 13.2 Å². The number of halogens is 1. The molecular formula is C18H19ClN4O4S. The van der Waals surface area contributed by atoms with Gasteiger partial charge in [-0.1, -0.05) is 17.7 Å². The molecule has 148 valence electrons. The van der Waals surface area contributed by atoms with E-state index in [1.165, 1.54) is 24.3 Å². The number of nitrogens with one attached hydrogen (secondary N) is 3. The number of urea groups is 1. The van der Waals surface area contributed by atoms with Crippen LogP contribution in [0.2, 0.25) is 5.02 Å². The molecule has 8 nitrogen and oxygen atoms in total. The number of hydrogen-bond donors (Lipinski definition) is 3. The van der Waals surface area contributed by atoms with Crippen molar-refractivity contribution in [2.24, 2.45) is 0 Å². The van der Waals surface area contributed by atoms with Crippen molar-refractivity contribution >= 4 is 44.9 Å². The Hall–Kier alpha value is -2.78. The summed E-state index contributed by atoms with van der Waals surface area (Å²) in [6, 6.07) is 11.3. The number of imide groups is 1. The second-order valence-corrected chi connectivity index (χ2v) is 8.35. The molecule has 0 bridgehead atoms. The van der Waals surface area contributed by atoms with Crippen molar-refractivity contribution in [3.8, 4) is 0 Å². The standard InChI is InChI=1S/C18H19ClN4O4S/c1-12(17(24)23-10-9-20-18(23)25)21-14-3-2-4-15(11-14)22-28(26,27)16-7-5-13(19)6-8-16/h2-8,11-12,21-22H,9-10H2,1H3,(H,20,25)/t12-/m0/s1. The van der Waals surface area contributed by atoms with E-state index in [-0.39, 0.29) is 10.8 Å². The van der Waals surface area contributed by atoms with Gasteiger partial charge in [0.15, 0.2) is 0 Å². The second kappa shape index (κ2) is 8.07. The molecule has 0 unspecified atom stereocenters. The van der Waals surface area contributed by atoms with Gasteiger partial charge in [-0.3, -0.25) is 14.4 Å². The highest BCUT2D eigenvalue weighted by atomic mass is 35.5. The van der Waals surface area contributed by atoms with E-state index in [0.29, 0.717) is 29.5 Å². The Morgan fingerprint density at radius 3 is 2.50 bits per heavy atom. The maximum atomic E-state index is 12.5. The monoisotopic (exact) mass is 422 g/mol. The molecule has 0 radical (unpaired) electrons. The summed E-state index contributed by atoms with van der Waals surface area (Å²) in [6.07, 6.45) is 0. The van der Waals surface area contributed by atoms with Crippen molar-refractivity contribution in [3.63, 3.8) is 0 Å². The van der Waals surface area contributed by atoms with Gasteiger partial charge in [0, 0.05) is 23.8 Å². The first-order valence-corrected chi connectivity index (χ1v) is 10.4. The summed E-state index contributed by atoms with van der Waals surface area (Å²) in [6.45, 7) is 2.39. The van der Waals surface area contributed by atoms with Crippen molar-refractivity contribution in [2.75, 3.05) is 23.1 Å². The van der Waals surface area contributed by atoms with E-state index in [1.807, 2.05) is 0 Å². The van der Waals surface area contributed by atoms with Crippen LogP contribution in [0.4, 0.5) is 16.2 Å². The largest absolute Gasteiger partial charge is 0.374 e. The third-order valence-corrected chi connectivity index (χ3v) is 5.76. The van der Waals surface area contributed by atoms with Crippen LogP contribution in [0.15, 0.2) is 53.4 Å². The SMILES string of the molecule is C[C@H](Nc1cccc(NS(=O)(=O)c2ccc(Cl)cc2)c1)C(=O)N1CCNC1=O. The van der Waals surface area contributed by atoms with Gasteiger partial charge in [-0.05, 0) is 49.4 Å². The topological polar surface area (TPSA) is 108 Å². The van der Waals surface area contributed by atoms with Gasteiger partial charge in [0.2, 0.25) is 0 Å². The Bertz CT molecular complexity index is 995. The molecule has 0 spiro atoms. The molecule has 28 heavy (non-hydrogen) atoms. The highest BCUT2D eigenvalue weighted by molar-refractivity contribution is 7.92. The smallest absolute Gasteiger partial charge is 0.324 e. The van der Waals surface area contributed by atoms with Crippen LogP contribution < -0.4 is 15.4 Å². The van der Waals surface area contributed by atoms with Crippen LogP contribution in [0.3, 0.4) is 0 Å². The third-order valence-electron chi connectivity index (χ3n) is 4.12. The molecule has 0 aliphatic carbocycles. The van der Waals surface area contributed by atoms with Crippen molar-refractivity contribution in [3.05, 3.63) is 53.6 Å². The van der Waals surface area contributed by atoms with Crippen molar-refractivity contribution < 1.29 is 18.0 Å². The molecule has 1 aliphatic rings. The average molecular weight is 423 g/mol. The van der Waals surface area contributed by atoms with Crippen LogP contribution >= 0.6 is 11.6 Å². The molecule has 1 saturated heterocycles. The van der Waals surface area contributed by atoms with E-state index < -0.39 is 22.1 Å². The van der Waals surface area contributed by atoms with Crippen LogP contribution in [0.1, 0.15) is 6.92 Å². The second-order valence-electron chi connectivity index (χ2n) is 6.23. The van der Waals surface area contributed by atoms with Crippen molar-refractivity contribution in [2.45, 2.75) is 17.9 Å². The molecular weight excluding hydrogens is 404 g/mol. The normalized spacial score (nSPS) is 15.1. The fourth-order valence-electron chi connectivity index (χ4n) is 2.73. The molecule has 1 aliphatic heterocycles. The van der Waals surface area contributed by atoms with Gasteiger partial charge in [-0.2, -0.15) is 0 Å². The van der Waals surface area contributed by atoms with Crippen molar-refractivity contribution in [1.82, 2.24) is 10.2 Å². The Morgan fingerprint density at radius 2 is 1.86 bits per heavy atom. The van der Waals surface area contributed by atoms with Gasteiger partial charge in [-0.15, -0.1) is 0 Å². The number of nitrogens with zero attached hydrogens (tertiary/aromatic N) is 1. The lowest BCUT2D eigenvalue weighted by atomic mass is 10.2. The molecule has 3 amide bonds. The lowest BCUT2D eigenvalue weighted by Crippen LogP contribution is -2.43. The predicted molar refractivity (Wildman–Crippen MR) is 107 cm³/mol. The fourth-order valence-corrected chi connectivity index (χ4v) is 3.90. The lowest BCUT2D eigenvalue weighted by molar-refractivity contribution is -0.128. The van der Waals surface area contributed by atoms with Crippen molar-refractivity contribution in [1.29, 1.82) is 0 Å². The lowest BCUT2D eigenvalue weighted by Gasteiger charge is -2.20. The van der Waals surface area contributed by atoms with Crippen LogP contribution in [0, 0.1) is 0 Å². The van der Waals surface area contributed by atoms with Gasteiger partial charge in [0.05, 0.1) is 10.6 Å². The van der Waals surface area contributed by atoms with Gasteiger partial charge in [0.1, 0.15) is 6.04 Å². The van der Waals surface area contributed by atoms with E-state index in [0.717, 1.165) is 4.90 Å². The van der Waals surface area contributed by atoms with E-state index in [1.54, 1.807) is 31.2 Å². The average Bonchev–Trinajstić information content (AvgIpc) is 3.07. The molecule has 2 aromatic carbocycles. The Kier molecular flexibility index (Phi) is 5.76. The first kappa shape index (κ1) is 20.0. The van der Waals surface area contributed by atoms with Crippen LogP contribution in [-0.4, -0.2) is 44.4 Å². The van der Waals surface area contributed by atoms with Crippen LogP contribution in [-0.2, 0) is 14.8 Å². The van der Waals surface area contributed by atoms with Gasteiger partial charge in [0.25, 0.3) is 15.9 Å². The molecule has 1 atom stereocenters. The molecule has 3 rings (SSSR count).